The lowest BCUT2D eigenvalue weighted by molar-refractivity contribution is -0.123. The van der Waals surface area contributed by atoms with Crippen molar-refractivity contribution in [1.82, 2.24) is 15.3 Å². The van der Waals surface area contributed by atoms with Gasteiger partial charge in [-0.1, -0.05) is 6.92 Å². The second-order valence-electron chi connectivity index (χ2n) is 4.43. The number of hydrogen-bond donors (Lipinski definition) is 2. The molecule has 0 saturated heterocycles. The van der Waals surface area contributed by atoms with Crippen molar-refractivity contribution >= 4 is 5.91 Å². The first kappa shape index (κ1) is 14.6. The van der Waals surface area contributed by atoms with E-state index in [1.807, 2.05) is 13.0 Å². The van der Waals surface area contributed by atoms with Gasteiger partial charge in [0, 0.05) is 12.4 Å². The Morgan fingerprint density at radius 3 is 2.81 bits per heavy atom. The Morgan fingerprint density at radius 1 is 1.48 bits per heavy atom. The molecule has 2 aromatic rings. The highest BCUT2D eigenvalue weighted by Crippen LogP contribution is 2.13. The molecule has 1 aromatic heterocycles. The molecule has 0 bridgehead atoms. The highest BCUT2D eigenvalue weighted by molar-refractivity contribution is 5.77. The number of nitriles is 1. The van der Waals surface area contributed by atoms with Crippen LogP contribution in [0.1, 0.15) is 30.8 Å². The van der Waals surface area contributed by atoms with Crippen molar-refractivity contribution in [2.45, 2.75) is 19.4 Å². The van der Waals surface area contributed by atoms with Crippen molar-refractivity contribution < 1.29 is 9.53 Å². The highest BCUT2D eigenvalue weighted by Gasteiger charge is 2.14. The van der Waals surface area contributed by atoms with Crippen molar-refractivity contribution in [3.05, 3.63) is 48.0 Å². The largest absolute Gasteiger partial charge is 0.484 e. The molecule has 1 aromatic carbocycles. The van der Waals surface area contributed by atoms with Gasteiger partial charge in [-0.15, -0.1) is 0 Å². The van der Waals surface area contributed by atoms with E-state index in [0.29, 0.717) is 11.3 Å². The van der Waals surface area contributed by atoms with Gasteiger partial charge >= 0.3 is 0 Å². The zero-order chi connectivity index (χ0) is 15.1. The van der Waals surface area contributed by atoms with E-state index >= 15 is 0 Å². The minimum atomic E-state index is -0.220. The summed E-state index contributed by atoms with van der Waals surface area (Å²) in [5, 5.41) is 11.6. The number of H-pyrrole nitrogens is 1. The summed E-state index contributed by atoms with van der Waals surface area (Å²) in [5.41, 5.74) is 0.552. The maximum Gasteiger partial charge on any atom is 0.258 e. The van der Waals surface area contributed by atoms with Crippen LogP contribution in [0.3, 0.4) is 0 Å². The van der Waals surface area contributed by atoms with E-state index in [4.69, 9.17) is 10.00 Å². The summed E-state index contributed by atoms with van der Waals surface area (Å²) < 4.78 is 5.38. The summed E-state index contributed by atoms with van der Waals surface area (Å²) >= 11 is 0. The molecule has 1 atom stereocenters. The topological polar surface area (TPSA) is 90.8 Å². The summed E-state index contributed by atoms with van der Waals surface area (Å²) in [6, 6.07) is 8.48. The van der Waals surface area contributed by atoms with Crippen LogP contribution in [0.5, 0.6) is 5.75 Å². The van der Waals surface area contributed by atoms with Gasteiger partial charge in [0.2, 0.25) is 0 Å². The van der Waals surface area contributed by atoms with Gasteiger partial charge in [0.05, 0.1) is 17.7 Å². The smallest absolute Gasteiger partial charge is 0.258 e. The predicted octanol–water partition coefficient (Wildman–Crippen LogP) is 1.93. The van der Waals surface area contributed by atoms with E-state index in [1.165, 1.54) is 0 Å². The van der Waals surface area contributed by atoms with Crippen molar-refractivity contribution in [3.8, 4) is 11.8 Å². The molecule has 0 radical (unpaired) electrons. The number of carbonyl (C=O) groups is 1. The summed E-state index contributed by atoms with van der Waals surface area (Å²) in [4.78, 5) is 19.0. The Bertz CT molecular complexity index is 614. The molecule has 0 unspecified atom stereocenters. The SMILES string of the molecule is CC[C@H](NC(=O)COc1ccc(C#N)cc1)c1ncc[nH]1. The Labute approximate surface area is 122 Å². The van der Waals surface area contributed by atoms with Gasteiger partial charge in [0.25, 0.3) is 5.91 Å². The van der Waals surface area contributed by atoms with Gasteiger partial charge in [-0.05, 0) is 30.7 Å². The van der Waals surface area contributed by atoms with Crippen LogP contribution in [0.2, 0.25) is 0 Å². The van der Waals surface area contributed by atoms with Crippen LogP contribution in [-0.2, 0) is 4.79 Å². The molecular formula is C15H16N4O2. The fourth-order valence-corrected chi connectivity index (χ4v) is 1.84. The van der Waals surface area contributed by atoms with E-state index in [1.54, 1.807) is 36.7 Å². The van der Waals surface area contributed by atoms with Gasteiger partial charge in [-0.2, -0.15) is 5.26 Å². The van der Waals surface area contributed by atoms with Crippen LogP contribution >= 0.6 is 0 Å². The van der Waals surface area contributed by atoms with E-state index in [9.17, 15) is 4.79 Å². The third kappa shape index (κ3) is 4.08. The van der Waals surface area contributed by atoms with Gasteiger partial charge in [0.1, 0.15) is 11.6 Å². The molecule has 2 N–H and O–H groups in total. The molecule has 0 saturated carbocycles. The fraction of sp³-hybridized carbons (Fsp3) is 0.267. The van der Waals surface area contributed by atoms with Crippen molar-refractivity contribution in [3.63, 3.8) is 0 Å². The number of amides is 1. The minimum Gasteiger partial charge on any atom is -0.484 e. The Balaban J connectivity index is 1.85. The number of aromatic amines is 1. The molecule has 0 spiro atoms. The third-order valence-electron chi connectivity index (χ3n) is 2.95. The first-order valence-corrected chi connectivity index (χ1v) is 6.64. The number of benzene rings is 1. The fourth-order valence-electron chi connectivity index (χ4n) is 1.84. The van der Waals surface area contributed by atoms with Crippen LogP contribution in [0.4, 0.5) is 0 Å². The molecule has 2 rings (SSSR count). The average molecular weight is 284 g/mol. The molecular weight excluding hydrogens is 268 g/mol. The molecule has 108 valence electrons. The van der Waals surface area contributed by atoms with E-state index in [-0.39, 0.29) is 18.6 Å². The summed E-state index contributed by atoms with van der Waals surface area (Å²) in [7, 11) is 0. The van der Waals surface area contributed by atoms with Gasteiger partial charge in [-0.25, -0.2) is 4.98 Å². The van der Waals surface area contributed by atoms with Crippen molar-refractivity contribution in [2.75, 3.05) is 6.61 Å². The van der Waals surface area contributed by atoms with Crippen LogP contribution in [0.15, 0.2) is 36.7 Å². The van der Waals surface area contributed by atoms with E-state index in [2.05, 4.69) is 15.3 Å². The van der Waals surface area contributed by atoms with Crippen molar-refractivity contribution in [2.24, 2.45) is 0 Å². The third-order valence-corrected chi connectivity index (χ3v) is 2.95. The standard InChI is InChI=1S/C15H16N4O2/c1-2-13(15-17-7-8-18-15)19-14(20)10-21-12-5-3-11(9-16)4-6-12/h3-8,13H,2,10H2,1H3,(H,17,18)(H,19,20)/t13-/m0/s1. The Hall–Kier alpha value is -2.81. The number of ether oxygens (including phenoxy) is 1. The molecule has 6 heteroatoms. The Kier molecular flexibility index (Phi) is 4.94. The number of aromatic nitrogens is 2. The van der Waals surface area contributed by atoms with E-state index < -0.39 is 0 Å². The summed E-state index contributed by atoms with van der Waals surface area (Å²) in [6.45, 7) is 1.89. The van der Waals surface area contributed by atoms with Gasteiger partial charge < -0.3 is 15.0 Å². The Morgan fingerprint density at radius 2 is 2.24 bits per heavy atom. The maximum absolute atomic E-state index is 11.9. The highest BCUT2D eigenvalue weighted by atomic mass is 16.5. The number of hydrogen-bond acceptors (Lipinski definition) is 4. The molecule has 0 fully saturated rings. The van der Waals surface area contributed by atoms with Gasteiger partial charge in [0.15, 0.2) is 6.61 Å². The number of nitrogens with one attached hydrogen (secondary N) is 2. The van der Waals surface area contributed by atoms with E-state index in [0.717, 1.165) is 12.2 Å². The lowest BCUT2D eigenvalue weighted by Gasteiger charge is -2.15. The van der Waals surface area contributed by atoms with Gasteiger partial charge in [-0.3, -0.25) is 4.79 Å². The summed E-state index contributed by atoms with van der Waals surface area (Å²) in [6.07, 6.45) is 4.10. The lowest BCUT2D eigenvalue weighted by Crippen LogP contribution is -2.32. The zero-order valence-electron chi connectivity index (χ0n) is 11.7. The second kappa shape index (κ2) is 7.10. The minimum absolute atomic E-state index is 0.0802. The maximum atomic E-state index is 11.9. The monoisotopic (exact) mass is 284 g/mol. The van der Waals surface area contributed by atoms with Crippen LogP contribution in [-0.4, -0.2) is 22.5 Å². The zero-order valence-corrected chi connectivity index (χ0v) is 11.7. The number of nitrogens with zero attached hydrogens (tertiary/aromatic N) is 2. The number of carbonyl (C=O) groups excluding carboxylic acids is 1. The number of rotatable bonds is 6. The molecule has 6 nitrogen and oxygen atoms in total. The molecule has 0 aliphatic heterocycles. The second-order valence-corrected chi connectivity index (χ2v) is 4.43. The van der Waals surface area contributed by atoms with Crippen LogP contribution in [0, 0.1) is 11.3 Å². The first-order chi connectivity index (χ1) is 10.2. The van der Waals surface area contributed by atoms with Crippen LogP contribution in [0.25, 0.3) is 0 Å². The van der Waals surface area contributed by atoms with Crippen LogP contribution < -0.4 is 10.1 Å². The predicted molar refractivity (Wildman–Crippen MR) is 76.4 cm³/mol. The summed E-state index contributed by atoms with van der Waals surface area (Å²) in [5.74, 6) is 1.06. The molecule has 21 heavy (non-hydrogen) atoms. The lowest BCUT2D eigenvalue weighted by atomic mass is 10.2. The molecule has 1 amide bonds. The van der Waals surface area contributed by atoms with Crippen molar-refractivity contribution in [1.29, 1.82) is 5.26 Å². The quantitative estimate of drug-likeness (QED) is 0.848. The molecule has 0 aliphatic carbocycles. The first-order valence-electron chi connectivity index (χ1n) is 6.64. The normalized spacial score (nSPS) is 11.4. The molecule has 1 heterocycles. The number of imidazole rings is 1. The average Bonchev–Trinajstić information content (AvgIpc) is 3.05. The molecule has 0 aliphatic rings.